The Morgan fingerprint density at radius 1 is 1.09 bits per heavy atom. The van der Waals surface area contributed by atoms with Crippen LogP contribution in [0.1, 0.15) is 70.6 Å². The van der Waals surface area contributed by atoms with Crippen LogP contribution in [-0.4, -0.2) is 22.1 Å². The van der Waals surface area contributed by atoms with Gasteiger partial charge >= 0.3 is 5.97 Å². The van der Waals surface area contributed by atoms with Crippen LogP contribution in [0, 0.1) is 23.7 Å². The van der Waals surface area contributed by atoms with Gasteiger partial charge in [-0.3, -0.25) is 4.79 Å². The van der Waals surface area contributed by atoms with E-state index in [4.69, 9.17) is 5.11 Å². The summed E-state index contributed by atoms with van der Waals surface area (Å²) in [6.07, 6.45) is 18.1. The molecule has 23 heavy (non-hydrogen) atoms. The number of thioether (sulfide) groups is 1. The van der Waals surface area contributed by atoms with E-state index >= 15 is 0 Å². The smallest absolute Gasteiger partial charge is 0.303 e. The lowest BCUT2D eigenvalue weighted by Crippen LogP contribution is -2.25. The van der Waals surface area contributed by atoms with E-state index in [0.717, 1.165) is 41.8 Å². The minimum atomic E-state index is -0.671. The third-order valence-electron chi connectivity index (χ3n) is 6.34. The van der Waals surface area contributed by atoms with Crippen LogP contribution in [0.15, 0.2) is 12.2 Å². The summed E-state index contributed by atoms with van der Waals surface area (Å²) in [5, 5.41) is 9.59. The van der Waals surface area contributed by atoms with Crippen molar-refractivity contribution >= 4 is 17.7 Å². The Hall–Kier alpha value is -0.440. The van der Waals surface area contributed by atoms with E-state index in [1.54, 1.807) is 0 Å². The highest BCUT2D eigenvalue weighted by molar-refractivity contribution is 7.99. The zero-order valence-electron chi connectivity index (χ0n) is 14.3. The van der Waals surface area contributed by atoms with Crippen molar-refractivity contribution in [3.8, 4) is 0 Å². The first kappa shape index (κ1) is 17.4. The molecule has 0 spiro atoms. The molecule has 2 bridgehead atoms. The van der Waals surface area contributed by atoms with Crippen molar-refractivity contribution in [2.45, 2.75) is 75.9 Å². The highest BCUT2D eigenvalue weighted by Gasteiger charge is 2.46. The first-order valence-corrected chi connectivity index (χ1v) is 10.8. The Balaban J connectivity index is 1.42. The molecule has 3 fully saturated rings. The second kappa shape index (κ2) is 8.60. The Bertz CT molecular complexity index is 414. The molecule has 4 atom stereocenters. The van der Waals surface area contributed by atoms with Crippen LogP contribution in [0.5, 0.6) is 0 Å². The summed E-state index contributed by atoms with van der Waals surface area (Å²) in [6.45, 7) is 0. The number of allylic oxidation sites excluding steroid dienone is 2. The van der Waals surface area contributed by atoms with Crippen molar-refractivity contribution in [3.63, 3.8) is 0 Å². The molecule has 0 aromatic carbocycles. The number of rotatable bonds is 9. The molecule has 0 aromatic heterocycles. The van der Waals surface area contributed by atoms with Crippen molar-refractivity contribution < 1.29 is 9.90 Å². The second-order valence-electron chi connectivity index (χ2n) is 7.94. The minimum absolute atomic E-state index is 0.304. The number of carbonyl (C=O) groups is 1. The van der Waals surface area contributed by atoms with Crippen molar-refractivity contribution in [1.82, 2.24) is 0 Å². The summed E-state index contributed by atoms with van der Waals surface area (Å²) in [6, 6.07) is 0. The van der Waals surface area contributed by atoms with Crippen molar-refractivity contribution in [2.75, 3.05) is 5.75 Å². The Kier molecular flexibility index (Phi) is 6.50. The van der Waals surface area contributed by atoms with Gasteiger partial charge in [-0.25, -0.2) is 0 Å². The van der Waals surface area contributed by atoms with Gasteiger partial charge in [-0.05, 0) is 80.8 Å². The summed E-state index contributed by atoms with van der Waals surface area (Å²) >= 11 is 2.31. The summed E-state index contributed by atoms with van der Waals surface area (Å²) in [4.78, 5) is 10.5. The highest BCUT2D eigenvalue weighted by atomic mass is 32.2. The predicted molar refractivity (Wildman–Crippen MR) is 97.8 cm³/mol. The van der Waals surface area contributed by atoms with E-state index in [-0.39, 0.29) is 0 Å². The number of aliphatic carboxylic acids is 1. The standard InChI is InChI=1S/C20H32O2S/c21-19(22)10-4-2-1-3-9-18-16-11-12-17(13-16)20(18)23-14-15-7-5-6-8-15/h1,3,15-18,20H,2,4-14H2,(H,21,22)/t16-,17+,18-,20+/m0/s1. The van der Waals surface area contributed by atoms with Gasteiger partial charge in [0, 0.05) is 11.7 Å². The molecule has 3 saturated carbocycles. The molecule has 3 aliphatic carbocycles. The third kappa shape index (κ3) is 4.78. The number of unbranched alkanes of at least 4 members (excludes halogenated alkanes) is 1. The molecule has 0 radical (unpaired) electrons. The van der Waals surface area contributed by atoms with Crippen LogP contribution in [0.25, 0.3) is 0 Å². The zero-order valence-corrected chi connectivity index (χ0v) is 15.1. The molecule has 3 aliphatic rings. The van der Waals surface area contributed by atoms with Gasteiger partial charge < -0.3 is 5.11 Å². The van der Waals surface area contributed by atoms with Crippen molar-refractivity contribution in [3.05, 3.63) is 12.2 Å². The quantitative estimate of drug-likeness (QED) is 0.444. The van der Waals surface area contributed by atoms with E-state index < -0.39 is 5.97 Å². The van der Waals surface area contributed by atoms with Crippen LogP contribution < -0.4 is 0 Å². The molecule has 130 valence electrons. The first-order chi connectivity index (χ1) is 11.2. The van der Waals surface area contributed by atoms with Gasteiger partial charge in [0.15, 0.2) is 0 Å². The van der Waals surface area contributed by atoms with Gasteiger partial charge in [-0.15, -0.1) is 0 Å². The molecule has 0 saturated heterocycles. The van der Waals surface area contributed by atoms with Crippen molar-refractivity contribution in [1.29, 1.82) is 0 Å². The van der Waals surface area contributed by atoms with Gasteiger partial charge in [0.1, 0.15) is 0 Å². The van der Waals surface area contributed by atoms with Gasteiger partial charge in [0.2, 0.25) is 0 Å². The summed E-state index contributed by atoms with van der Waals surface area (Å²) in [5.41, 5.74) is 0. The van der Waals surface area contributed by atoms with Crippen molar-refractivity contribution in [2.24, 2.45) is 23.7 Å². The first-order valence-electron chi connectivity index (χ1n) is 9.72. The van der Waals surface area contributed by atoms with Gasteiger partial charge in [0.25, 0.3) is 0 Å². The zero-order chi connectivity index (χ0) is 16.1. The maximum absolute atomic E-state index is 10.5. The topological polar surface area (TPSA) is 37.3 Å². The molecule has 3 rings (SSSR count). The number of carboxylic acids is 1. The minimum Gasteiger partial charge on any atom is -0.481 e. The molecule has 0 heterocycles. The van der Waals surface area contributed by atoms with Crippen LogP contribution >= 0.6 is 11.8 Å². The summed E-state index contributed by atoms with van der Waals surface area (Å²) in [7, 11) is 0. The fourth-order valence-corrected chi connectivity index (χ4v) is 7.04. The Morgan fingerprint density at radius 2 is 1.87 bits per heavy atom. The van der Waals surface area contributed by atoms with Crippen LogP contribution in [-0.2, 0) is 4.79 Å². The van der Waals surface area contributed by atoms with E-state index in [1.165, 1.54) is 57.1 Å². The van der Waals surface area contributed by atoms with Gasteiger partial charge in [-0.1, -0.05) is 25.0 Å². The van der Waals surface area contributed by atoms with Crippen LogP contribution in [0.2, 0.25) is 0 Å². The van der Waals surface area contributed by atoms with E-state index in [1.807, 2.05) is 0 Å². The lowest BCUT2D eigenvalue weighted by atomic mass is 9.86. The van der Waals surface area contributed by atoms with Crippen LogP contribution in [0.4, 0.5) is 0 Å². The molecule has 0 aromatic rings. The molecule has 0 amide bonds. The van der Waals surface area contributed by atoms with Gasteiger partial charge in [-0.2, -0.15) is 11.8 Å². The Labute approximate surface area is 145 Å². The van der Waals surface area contributed by atoms with E-state index in [2.05, 4.69) is 23.9 Å². The lowest BCUT2D eigenvalue weighted by molar-refractivity contribution is -0.137. The average Bonchev–Trinajstić information content (AvgIpc) is 3.25. The highest BCUT2D eigenvalue weighted by Crippen LogP contribution is 2.55. The molecule has 0 aliphatic heterocycles. The fourth-order valence-electron chi connectivity index (χ4n) is 5.11. The summed E-state index contributed by atoms with van der Waals surface area (Å²) in [5.74, 6) is 4.62. The van der Waals surface area contributed by atoms with E-state index in [9.17, 15) is 4.79 Å². The predicted octanol–water partition coefficient (Wildman–Crippen LogP) is 5.53. The lowest BCUT2D eigenvalue weighted by Gasteiger charge is -2.30. The number of carboxylic acid groups (broad SMARTS) is 1. The monoisotopic (exact) mass is 336 g/mol. The molecule has 3 heteroatoms. The second-order valence-corrected chi connectivity index (χ2v) is 9.15. The Morgan fingerprint density at radius 3 is 2.65 bits per heavy atom. The fraction of sp³-hybridized carbons (Fsp3) is 0.850. The molecular formula is C20H32O2S. The summed E-state index contributed by atoms with van der Waals surface area (Å²) < 4.78 is 0. The van der Waals surface area contributed by atoms with E-state index in [0.29, 0.717) is 6.42 Å². The molecule has 1 N–H and O–H groups in total. The normalized spacial score (nSPS) is 33.9. The largest absolute Gasteiger partial charge is 0.481 e. The van der Waals surface area contributed by atoms with Gasteiger partial charge in [0.05, 0.1) is 0 Å². The average molecular weight is 337 g/mol. The maximum atomic E-state index is 10.5. The third-order valence-corrected chi connectivity index (χ3v) is 8.12. The number of fused-ring (bicyclic) bond motifs is 2. The SMILES string of the molecule is O=C(O)CCCC=CC[C@H]1[C@H]2CC[C@H](C2)[C@H]1SCC1CCCC1. The molecular weight excluding hydrogens is 304 g/mol. The molecule has 0 unspecified atom stereocenters. The number of hydrogen-bond acceptors (Lipinski definition) is 2. The van der Waals surface area contributed by atoms with Crippen LogP contribution in [0.3, 0.4) is 0 Å². The maximum Gasteiger partial charge on any atom is 0.303 e. The number of hydrogen-bond donors (Lipinski definition) is 1. The molecule has 2 nitrogen and oxygen atoms in total.